The lowest BCUT2D eigenvalue weighted by molar-refractivity contribution is 0.487. The molecule has 1 atom stereocenters. The second-order valence-electron chi connectivity index (χ2n) is 9.02. The maximum Gasteiger partial charge on any atom is 0.310 e. The summed E-state index contributed by atoms with van der Waals surface area (Å²) in [4.78, 5) is 31.0. The SMILES string of the molecule is Cc1nn(C)cc1-c1nn(-c2ccccc2)cc1C1CC(c2c(O)sc(=O)[nH]c2=O)=Nc2ccccc2N1. The molecule has 0 radical (unpaired) electrons. The van der Waals surface area contributed by atoms with Gasteiger partial charge in [-0.25, -0.2) is 4.68 Å². The van der Waals surface area contributed by atoms with Crippen LogP contribution in [-0.4, -0.2) is 35.4 Å². The Morgan fingerprint density at radius 1 is 1.03 bits per heavy atom. The van der Waals surface area contributed by atoms with E-state index in [1.807, 2.05) is 85.6 Å². The summed E-state index contributed by atoms with van der Waals surface area (Å²) in [5, 5.41) is 23.3. The number of fused-ring (bicyclic) bond motifs is 1. The summed E-state index contributed by atoms with van der Waals surface area (Å²) < 4.78 is 3.58. The van der Waals surface area contributed by atoms with E-state index in [4.69, 9.17) is 10.1 Å². The number of para-hydroxylation sites is 3. The number of hydrogen-bond donors (Lipinski definition) is 3. The van der Waals surface area contributed by atoms with Crippen molar-refractivity contribution >= 4 is 28.4 Å². The Labute approximate surface area is 220 Å². The fourth-order valence-corrected chi connectivity index (χ4v) is 5.36. The molecule has 1 aliphatic heterocycles. The molecular formula is C27H23N7O3S. The normalized spacial score (nSPS) is 14.9. The highest BCUT2D eigenvalue weighted by atomic mass is 32.1. The lowest BCUT2D eigenvalue weighted by atomic mass is 9.96. The van der Waals surface area contributed by atoms with Gasteiger partial charge in [0, 0.05) is 37.0 Å². The summed E-state index contributed by atoms with van der Waals surface area (Å²) >= 11 is 0.574. The van der Waals surface area contributed by atoms with E-state index in [1.165, 1.54) is 0 Å². The molecule has 1 unspecified atom stereocenters. The number of H-pyrrole nitrogens is 1. The van der Waals surface area contributed by atoms with Crippen LogP contribution in [0, 0.1) is 6.92 Å². The standard InChI is InChI=1S/C27H23N7O3S/c1-15-17(13-33(2)31-15)24-18(14-34(32-24)16-8-4-3-5-9-16)21-12-22(23-25(35)30-27(37)38-26(23)36)29-20-11-7-6-10-19(20)28-21/h3-11,13-14,21,28,36H,12H2,1-2H3,(H,30,35,37). The Morgan fingerprint density at radius 3 is 2.53 bits per heavy atom. The highest BCUT2D eigenvalue weighted by Crippen LogP contribution is 2.39. The minimum Gasteiger partial charge on any atom is -0.499 e. The molecule has 3 N–H and O–H groups in total. The van der Waals surface area contributed by atoms with E-state index in [0.717, 1.165) is 33.9 Å². The Morgan fingerprint density at radius 2 is 1.79 bits per heavy atom. The van der Waals surface area contributed by atoms with E-state index in [9.17, 15) is 14.7 Å². The van der Waals surface area contributed by atoms with Crippen LogP contribution in [0.5, 0.6) is 5.06 Å². The van der Waals surface area contributed by atoms with Gasteiger partial charge >= 0.3 is 4.87 Å². The van der Waals surface area contributed by atoms with Gasteiger partial charge in [0.2, 0.25) is 0 Å². The third-order valence-corrected chi connectivity index (χ3v) is 7.11. The average molecular weight is 526 g/mol. The Hall–Kier alpha value is -4.77. The maximum absolute atomic E-state index is 12.8. The largest absolute Gasteiger partial charge is 0.499 e. The summed E-state index contributed by atoms with van der Waals surface area (Å²) in [6.07, 6.45) is 4.15. The first-order chi connectivity index (χ1) is 18.4. The van der Waals surface area contributed by atoms with Crippen LogP contribution in [0.4, 0.5) is 11.4 Å². The Balaban J connectivity index is 1.56. The number of aryl methyl sites for hydroxylation is 2. The van der Waals surface area contributed by atoms with E-state index in [-0.39, 0.29) is 23.1 Å². The van der Waals surface area contributed by atoms with Crippen LogP contribution in [0.3, 0.4) is 0 Å². The first-order valence-electron chi connectivity index (χ1n) is 11.9. The van der Waals surface area contributed by atoms with Gasteiger partial charge in [-0.2, -0.15) is 10.2 Å². The highest BCUT2D eigenvalue weighted by molar-refractivity contribution is 7.11. The summed E-state index contributed by atoms with van der Waals surface area (Å²) in [5.41, 5.74) is 5.30. The summed E-state index contributed by atoms with van der Waals surface area (Å²) in [6, 6.07) is 16.9. The molecule has 3 aromatic heterocycles. The molecule has 0 spiro atoms. The van der Waals surface area contributed by atoms with Gasteiger partial charge in [0.15, 0.2) is 5.06 Å². The number of aromatic hydroxyl groups is 1. The molecule has 4 heterocycles. The Bertz CT molecular complexity index is 1810. The molecule has 1 aliphatic rings. The van der Waals surface area contributed by atoms with E-state index in [1.54, 1.807) is 4.68 Å². The number of rotatable bonds is 4. The molecule has 190 valence electrons. The van der Waals surface area contributed by atoms with E-state index in [2.05, 4.69) is 15.4 Å². The summed E-state index contributed by atoms with van der Waals surface area (Å²) in [7, 11) is 1.87. The molecule has 11 heteroatoms. The molecule has 0 aliphatic carbocycles. The number of nitrogens with one attached hydrogen (secondary N) is 2. The quantitative estimate of drug-likeness (QED) is 0.324. The van der Waals surface area contributed by atoms with E-state index < -0.39 is 10.4 Å². The van der Waals surface area contributed by atoms with Crippen LogP contribution < -0.4 is 15.7 Å². The first kappa shape index (κ1) is 23.6. The maximum atomic E-state index is 12.8. The van der Waals surface area contributed by atoms with E-state index >= 15 is 0 Å². The first-order valence-corrected chi connectivity index (χ1v) is 12.7. The molecule has 0 amide bonds. The Kier molecular flexibility index (Phi) is 5.76. The molecule has 6 rings (SSSR count). The fourth-order valence-electron chi connectivity index (χ4n) is 4.73. The summed E-state index contributed by atoms with van der Waals surface area (Å²) in [6.45, 7) is 1.94. The van der Waals surface area contributed by atoms with Crippen molar-refractivity contribution in [3.8, 4) is 22.0 Å². The topological polar surface area (TPSA) is 130 Å². The number of nitrogens with zero attached hydrogens (tertiary/aromatic N) is 5. The van der Waals surface area contributed by atoms with Crippen LogP contribution >= 0.6 is 11.3 Å². The second kappa shape index (κ2) is 9.27. The van der Waals surface area contributed by atoms with Gasteiger partial charge < -0.3 is 10.4 Å². The van der Waals surface area contributed by atoms with E-state index in [0.29, 0.717) is 22.7 Å². The molecule has 0 fully saturated rings. The van der Waals surface area contributed by atoms with Crippen molar-refractivity contribution in [3.05, 3.63) is 104 Å². The van der Waals surface area contributed by atoms with Crippen molar-refractivity contribution in [1.29, 1.82) is 0 Å². The number of hydrogen-bond acceptors (Lipinski definition) is 8. The zero-order valence-corrected chi connectivity index (χ0v) is 21.4. The number of aliphatic imine (C=N–C) groups is 1. The van der Waals surface area contributed by atoms with Gasteiger partial charge in [-0.05, 0) is 42.5 Å². The predicted octanol–water partition coefficient (Wildman–Crippen LogP) is 4.07. The molecule has 0 bridgehead atoms. The van der Waals surface area contributed by atoms with Crippen molar-refractivity contribution < 1.29 is 5.11 Å². The molecule has 0 saturated carbocycles. The fraction of sp³-hybridized carbons (Fsp3) is 0.148. The smallest absolute Gasteiger partial charge is 0.310 e. The third kappa shape index (κ3) is 4.22. The van der Waals surface area contributed by atoms with Gasteiger partial charge in [-0.3, -0.25) is 24.2 Å². The molecule has 10 nitrogen and oxygen atoms in total. The van der Waals surface area contributed by atoms with Crippen LogP contribution in [0.1, 0.15) is 29.3 Å². The molecular weight excluding hydrogens is 502 g/mol. The van der Waals surface area contributed by atoms with Gasteiger partial charge in [-0.1, -0.05) is 30.3 Å². The highest BCUT2D eigenvalue weighted by Gasteiger charge is 2.29. The number of benzene rings is 2. The van der Waals surface area contributed by atoms with Crippen molar-refractivity contribution in [2.45, 2.75) is 19.4 Å². The van der Waals surface area contributed by atoms with Crippen molar-refractivity contribution in [2.24, 2.45) is 12.0 Å². The second-order valence-corrected chi connectivity index (χ2v) is 9.98. The van der Waals surface area contributed by atoms with Crippen molar-refractivity contribution in [3.63, 3.8) is 0 Å². The van der Waals surface area contributed by atoms with Gasteiger partial charge in [0.1, 0.15) is 11.3 Å². The van der Waals surface area contributed by atoms with Crippen LogP contribution in [0.25, 0.3) is 16.9 Å². The summed E-state index contributed by atoms with van der Waals surface area (Å²) in [5.74, 6) is 0. The number of aromatic nitrogens is 5. The molecule has 2 aromatic carbocycles. The zero-order chi connectivity index (χ0) is 26.4. The third-order valence-electron chi connectivity index (χ3n) is 6.43. The molecule has 38 heavy (non-hydrogen) atoms. The average Bonchev–Trinajstić information content (AvgIpc) is 3.41. The number of aromatic amines is 1. The van der Waals surface area contributed by atoms with Crippen LogP contribution in [0.2, 0.25) is 0 Å². The van der Waals surface area contributed by atoms with Crippen molar-refractivity contribution in [2.75, 3.05) is 5.32 Å². The monoisotopic (exact) mass is 525 g/mol. The lowest BCUT2D eigenvalue weighted by Gasteiger charge is -2.19. The van der Waals surface area contributed by atoms with Gasteiger partial charge in [-0.15, -0.1) is 0 Å². The molecule has 5 aromatic rings. The van der Waals surface area contributed by atoms with Gasteiger partial charge in [0.25, 0.3) is 5.56 Å². The lowest BCUT2D eigenvalue weighted by Crippen LogP contribution is -2.25. The minimum absolute atomic E-state index is 0.00679. The molecule has 0 saturated heterocycles. The van der Waals surface area contributed by atoms with Crippen molar-refractivity contribution in [1.82, 2.24) is 24.5 Å². The van der Waals surface area contributed by atoms with Gasteiger partial charge in [0.05, 0.1) is 34.5 Å². The van der Waals surface area contributed by atoms with Crippen LogP contribution in [-0.2, 0) is 7.05 Å². The predicted molar refractivity (Wildman–Crippen MR) is 147 cm³/mol. The number of anilines is 1. The zero-order valence-electron chi connectivity index (χ0n) is 20.5. The van der Waals surface area contributed by atoms with Crippen LogP contribution in [0.15, 0.2) is 81.6 Å². The minimum atomic E-state index is -0.675.